The first-order chi connectivity index (χ1) is 13.4. The van der Waals surface area contributed by atoms with Gasteiger partial charge in [-0.1, -0.05) is 55.6 Å². The number of nitrogens with zero attached hydrogens (tertiary/aromatic N) is 3. The minimum atomic E-state index is -0.518. The zero-order valence-corrected chi connectivity index (χ0v) is 17.4. The first kappa shape index (κ1) is 20.4. The second kappa shape index (κ2) is 8.76. The Morgan fingerprint density at radius 1 is 1.21 bits per heavy atom. The monoisotopic (exact) mass is 385 g/mol. The van der Waals surface area contributed by atoms with Gasteiger partial charge in [-0.25, -0.2) is 4.79 Å². The van der Waals surface area contributed by atoms with Gasteiger partial charge in [-0.3, -0.25) is 4.90 Å². The van der Waals surface area contributed by atoms with Gasteiger partial charge in [-0.15, -0.1) is 0 Å². The van der Waals surface area contributed by atoms with Crippen LogP contribution >= 0.6 is 0 Å². The Morgan fingerprint density at radius 3 is 2.57 bits per heavy atom. The van der Waals surface area contributed by atoms with Gasteiger partial charge in [0, 0.05) is 12.1 Å². The second-order valence-corrected chi connectivity index (χ2v) is 8.44. The Labute approximate surface area is 167 Å². The predicted octanol–water partition coefficient (Wildman–Crippen LogP) is 5.54. The van der Waals surface area contributed by atoms with Crippen LogP contribution in [0.15, 0.2) is 28.8 Å². The lowest BCUT2D eigenvalue weighted by molar-refractivity contribution is -0.0119. The third-order valence-electron chi connectivity index (χ3n) is 4.91. The third-order valence-corrected chi connectivity index (χ3v) is 4.91. The average molecular weight is 386 g/mol. The number of ether oxygens (including phenoxy) is 1. The maximum atomic E-state index is 12.3. The van der Waals surface area contributed by atoms with Gasteiger partial charge >= 0.3 is 6.09 Å². The summed E-state index contributed by atoms with van der Waals surface area (Å²) in [6, 6.07) is 8.14. The van der Waals surface area contributed by atoms with E-state index in [4.69, 9.17) is 9.26 Å². The highest BCUT2D eigenvalue weighted by Gasteiger charge is 2.39. The molecule has 1 saturated heterocycles. The summed E-state index contributed by atoms with van der Waals surface area (Å²) in [5.41, 5.74) is 1.74. The summed E-state index contributed by atoms with van der Waals surface area (Å²) in [5, 5.41) is 4.11. The molecule has 1 aliphatic rings. The van der Waals surface area contributed by atoms with Gasteiger partial charge in [-0.05, 0) is 45.6 Å². The number of rotatable bonds is 7. The highest BCUT2D eigenvalue weighted by molar-refractivity contribution is 5.69. The average Bonchev–Trinajstić information content (AvgIpc) is 3.06. The molecular formula is C22H31N3O3. The molecule has 0 radical (unpaired) electrons. The molecular weight excluding hydrogens is 354 g/mol. The van der Waals surface area contributed by atoms with Crippen molar-refractivity contribution in [2.24, 2.45) is 0 Å². The van der Waals surface area contributed by atoms with E-state index in [9.17, 15) is 4.79 Å². The van der Waals surface area contributed by atoms with E-state index in [-0.39, 0.29) is 12.1 Å². The number of likely N-dealkylation sites (tertiary alicyclic amines) is 1. The van der Waals surface area contributed by atoms with Gasteiger partial charge in [0.25, 0.3) is 0 Å². The van der Waals surface area contributed by atoms with Crippen LogP contribution in [0.4, 0.5) is 4.79 Å². The molecule has 2 heterocycles. The largest absolute Gasteiger partial charge is 0.444 e. The predicted molar refractivity (Wildman–Crippen MR) is 108 cm³/mol. The lowest BCUT2D eigenvalue weighted by atomic mass is 10.0. The number of aryl methyl sites for hydroxylation is 1. The van der Waals surface area contributed by atoms with Crippen LogP contribution < -0.4 is 0 Å². The number of amides is 1. The number of carbonyl (C=O) groups excluding carboxylic acids is 1. The summed E-state index contributed by atoms with van der Waals surface area (Å²) in [6.07, 6.45) is 6.62. The van der Waals surface area contributed by atoms with Crippen molar-refractivity contribution >= 4 is 6.09 Å². The van der Waals surface area contributed by atoms with Crippen molar-refractivity contribution in [2.45, 2.75) is 77.9 Å². The molecule has 152 valence electrons. The van der Waals surface area contributed by atoms with E-state index in [1.54, 1.807) is 4.90 Å². The summed E-state index contributed by atoms with van der Waals surface area (Å²) in [6.45, 7) is 8.45. The molecule has 0 N–H and O–H groups in total. The molecule has 0 bridgehead atoms. The van der Waals surface area contributed by atoms with Gasteiger partial charge in [0.1, 0.15) is 11.6 Å². The molecule has 0 aliphatic carbocycles. The van der Waals surface area contributed by atoms with Crippen LogP contribution in [0.25, 0.3) is 11.4 Å². The van der Waals surface area contributed by atoms with Crippen LogP contribution in [-0.2, 0) is 11.2 Å². The molecule has 0 spiro atoms. The van der Waals surface area contributed by atoms with Crippen molar-refractivity contribution in [1.82, 2.24) is 15.0 Å². The standard InChI is InChI=1S/C22H31N3O3/c1-5-6-7-8-9-16-10-12-17(13-11-16)19-23-20(28-24-19)18-14-15-25(18)21(26)27-22(2,3)4/h10-13,18H,5-9,14-15H2,1-4H3/t18-/m0/s1. The first-order valence-corrected chi connectivity index (χ1v) is 10.3. The Kier molecular flexibility index (Phi) is 6.37. The van der Waals surface area contributed by atoms with Crippen molar-refractivity contribution in [3.8, 4) is 11.4 Å². The van der Waals surface area contributed by atoms with Crippen LogP contribution in [0, 0.1) is 0 Å². The molecule has 1 aromatic carbocycles. The number of carbonyl (C=O) groups is 1. The van der Waals surface area contributed by atoms with Gasteiger partial charge in [0.05, 0.1) is 0 Å². The number of hydrogen-bond donors (Lipinski definition) is 0. The van der Waals surface area contributed by atoms with Crippen LogP contribution in [0.2, 0.25) is 0 Å². The Balaban J connectivity index is 1.60. The fourth-order valence-electron chi connectivity index (χ4n) is 3.25. The van der Waals surface area contributed by atoms with Gasteiger partial charge in [0.2, 0.25) is 11.7 Å². The molecule has 1 atom stereocenters. The highest BCUT2D eigenvalue weighted by atomic mass is 16.6. The lowest BCUT2D eigenvalue weighted by Crippen LogP contribution is -2.47. The first-order valence-electron chi connectivity index (χ1n) is 10.3. The molecule has 0 unspecified atom stereocenters. The smallest absolute Gasteiger partial charge is 0.410 e. The van der Waals surface area contributed by atoms with Crippen LogP contribution in [-0.4, -0.2) is 33.3 Å². The van der Waals surface area contributed by atoms with Crippen molar-refractivity contribution in [3.63, 3.8) is 0 Å². The summed E-state index contributed by atoms with van der Waals surface area (Å²) in [4.78, 5) is 18.4. The quantitative estimate of drug-likeness (QED) is 0.585. The third kappa shape index (κ3) is 5.12. The molecule has 2 aromatic rings. The number of aromatic nitrogens is 2. The molecule has 1 amide bonds. The number of benzene rings is 1. The topological polar surface area (TPSA) is 68.5 Å². The maximum Gasteiger partial charge on any atom is 0.410 e. The second-order valence-electron chi connectivity index (χ2n) is 8.44. The van der Waals surface area contributed by atoms with E-state index in [0.29, 0.717) is 18.3 Å². The zero-order chi connectivity index (χ0) is 20.1. The summed E-state index contributed by atoms with van der Waals surface area (Å²) >= 11 is 0. The van der Waals surface area contributed by atoms with Gasteiger partial charge < -0.3 is 9.26 Å². The van der Waals surface area contributed by atoms with Crippen molar-refractivity contribution in [1.29, 1.82) is 0 Å². The van der Waals surface area contributed by atoms with Gasteiger partial charge in [-0.2, -0.15) is 4.98 Å². The summed E-state index contributed by atoms with van der Waals surface area (Å²) < 4.78 is 10.9. The van der Waals surface area contributed by atoms with Crippen molar-refractivity contribution < 1.29 is 14.1 Å². The van der Waals surface area contributed by atoms with Crippen molar-refractivity contribution in [2.75, 3.05) is 6.54 Å². The molecule has 0 saturated carbocycles. The Hall–Kier alpha value is -2.37. The molecule has 6 nitrogen and oxygen atoms in total. The van der Waals surface area contributed by atoms with Crippen LogP contribution in [0.3, 0.4) is 0 Å². The summed E-state index contributed by atoms with van der Waals surface area (Å²) in [7, 11) is 0. The molecule has 6 heteroatoms. The van der Waals surface area contributed by atoms with E-state index in [1.807, 2.05) is 32.9 Å². The van der Waals surface area contributed by atoms with E-state index < -0.39 is 5.60 Å². The fourth-order valence-corrected chi connectivity index (χ4v) is 3.25. The van der Waals surface area contributed by atoms with E-state index in [1.165, 1.54) is 31.2 Å². The molecule has 1 aromatic heterocycles. The minimum absolute atomic E-state index is 0.200. The highest BCUT2D eigenvalue weighted by Crippen LogP contribution is 2.34. The molecule has 1 fully saturated rings. The Morgan fingerprint density at radius 2 is 1.96 bits per heavy atom. The van der Waals surface area contributed by atoms with Crippen LogP contribution in [0.5, 0.6) is 0 Å². The normalized spacial score (nSPS) is 16.7. The molecule has 28 heavy (non-hydrogen) atoms. The fraction of sp³-hybridized carbons (Fsp3) is 0.591. The zero-order valence-electron chi connectivity index (χ0n) is 17.4. The van der Waals surface area contributed by atoms with E-state index in [2.05, 4.69) is 29.2 Å². The Bertz CT molecular complexity index is 777. The van der Waals surface area contributed by atoms with Gasteiger partial charge in [0.15, 0.2) is 0 Å². The molecule has 3 rings (SSSR count). The van der Waals surface area contributed by atoms with E-state index in [0.717, 1.165) is 18.4 Å². The lowest BCUT2D eigenvalue weighted by Gasteiger charge is -2.39. The SMILES string of the molecule is CCCCCCc1ccc(-c2noc([C@@H]3CCN3C(=O)OC(C)(C)C)n2)cc1. The number of unbranched alkanes of at least 4 members (excludes halogenated alkanes) is 3. The van der Waals surface area contributed by atoms with Crippen LogP contribution in [0.1, 0.15) is 77.3 Å². The maximum absolute atomic E-state index is 12.3. The minimum Gasteiger partial charge on any atom is -0.444 e. The number of hydrogen-bond acceptors (Lipinski definition) is 5. The molecule has 1 aliphatic heterocycles. The van der Waals surface area contributed by atoms with Crippen molar-refractivity contribution in [3.05, 3.63) is 35.7 Å². The van der Waals surface area contributed by atoms with E-state index >= 15 is 0 Å². The summed E-state index contributed by atoms with van der Waals surface area (Å²) in [5.74, 6) is 1.03.